The summed E-state index contributed by atoms with van der Waals surface area (Å²) in [6.45, 7) is 1.97. The number of fused-ring (bicyclic) bond motifs is 1. The van der Waals surface area contributed by atoms with Gasteiger partial charge in [-0.05, 0) is 24.6 Å². The number of rotatable bonds is 1. The smallest absolute Gasteiger partial charge is 0.358 e. The van der Waals surface area contributed by atoms with Crippen LogP contribution in [0.2, 0.25) is 0 Å². The third-order valence-corrected chi connectivity index (χ3v) is 2.00. The Hall–Kier alpha value is -1.84. The molecule has 2 rings (SSSR count). The van der Waals surface area contributed by atoms with Gasteiger partial charge in [-0.15, -0.1) is 0 Å². The minimum absolute atomic E-state index is 0.332. The summed E-state index contributed by atoms with van der Waals surface area (Å²) in [5, 5.41) is 4.09. The lowest BCUT2D eigenvalue weighted by atomic mass is 10.3. The predicted molar refractivity (Wildman–Crippen MR) is 51.3 cm³/mol. The van der Waals surface area contributed by atoms with E-state index in [0.717, 1.165) is 11.1 Å². The molecule has 2 aromatic heterocycles. The first-order chi connectivity index (χ1) is 6.70. The number of hydrogen-bond donors (Lipinski definition) is 0. The van der Waals surface area contributed by atoms with Gasteiger partial charge >= 0.3 is 5.97 Å². The highest BCUT2D eigenvalue weighted by molar-refractivity contribution is 5.88. The Balaban J connectivity index is 2.56. The number of aryl methyl sites for hydroxylation is 1. The molecule has 0 spiro atoms. The first-order valence-corrected chi connectivity index (χ1v) is 4.25. The average molecular weight is 190 g/mol. The maximum Gasteiger partial charge on any atom is 0.358 e. The zero-order valence-electron chi connectivity index (χ0n) is 8.02. The Labute approximate surface area is 81.1 Å². The first kappa shape index (κ1) is 8.74. The van der Waals surface area contributed by atoms with Crippen molar-refractivity contribution in [2.24, 2.45) is 0 Å². The van der Waals surface area contributed by atoms with Crippen molar-refractivity contribution in [3.8, 4) is 0 Å². The third-order valence-electron chi connectivity index (χ3n) is 2.00. The highest BCUT2D eigenvalue weighted by Gasteiger charge is 2.09. The maximum atomic E-state index is 11.2. The molecule has 0 fully saturated rings. The summed E-state index contributed by atoms with van der Waals surface area (Å²) >= 11 is 0. The summed E-state index contributed by atoms with van der Waals surface area (Å²) in [6.07, 6.45) is 1.86. The van der Waals surface area contributed by atoms with Crippen molar-refractivity contribution in [1.29, 1.82) is 0 Å². The molecule has 4 nitrogen and oxygen atoms in total. The van der Waals surface area contributed by atoms with Crippen LogP contribution < -0.4 is 0 Å². The highest BCUT2D eigenvalue weighted by Crippen LogP contribution is 2.08. The zero-order chi connectivity index (χ0) is 10.1. The number of hydrogen-bond acceptors (Lipinski definition) is 3. The summed E-state index contributed by atoms with van der Waals surface area (Å²) in [5.41, 5.74) is 2.31. The van der Waals surface area contributed by atoms with Crippen LogP contribution in [0.4, 0.5) is 0 Å². The molecule has 0 aliphatic heterocycles. The van der Waals surface area contributed by atoms with Gasteiger partial charge in [-0.3, -0.25) is 0 Å². The van der Waals surface area contributed by atoms with E-state index in [1.54, 1.807) is 10.6 Å². The second-order valence-corrected chi connectivity index (χ2v) is 3.10. The molecule has 0 aliphatic rings. The van der Waals surface area contributed by atoms with E-state index < -0.39 is 5.97 Å². The van der Waals surface area contributed by atoms with Gasteiger partial charge in [0.25, 0.3) is 0 Å². The van der Waals surface area contributed by atoms with E-state index in [1.165, 1.54) is 7.11 Å². The molecule has 4 heteroatoms. The topological polar surface area (TPSA) is 43.6 Å². The fourth-order valence-corrected chi connectivity index (χ4v) is 1.29. The van der Waals surface area contributed by atoms with Gasteiger partial charge in [0, 0.05) is 6.20 Å². The predicted octanol–water partition coefficient (Wildman–Crippen LogP) is 1.43. The largest absolute Gasteiger partial charge is 0.464 e. The Kier molecular flexibility index (Phi) is 1.96. The van der Waals surface area contributed by atoms with Crippen molar-refractivity contribution in [3.63, 3.8) is 0 Å². The average Bonchev–Trinajstić information content (AvgIpc) is 2.59. The monoisotopic (exact) mass is 190 g/mol. The van der Waals surface area contributed by atoms with Gasteiger partial charge in [-0.25, -0.2) is 9.31 Å². The summed E-state index contributed by atoms with van der Waals surface area (Å²) < 4.78 is 6.25. The standard InChI is InChI=1S/C10H10N2O2/c1-7-3-4-8-5-9(10(13)14-2)11-12(8)6-7/h3-6H,1-2H3. The van der Waals surface area contributed by atoms with Crippen molar-refractivity contribution < 1.29 is 9.53 Å². The number of carbonyl (C=O) groups is 1. The number of methoxy groups -OCH3 is 1. The van der Waals surface area contributed by atoms with Crippen molar-refractivity contribution in [1.82, 2.24) is 9.61 Å². The van der Waals surface area contributed by atoms with Crippen LogP contribution in [0.5, 0.6) is 0 Å². The minimum atomic E-state index is -0.411. The normalized spacial score (nSPS) is 10.4. The second-order valence-electron chi connectivity index (χ2n) is 3.10. The van der Waals surface area contributed by atoms with Crippen LogP contribution in [-0.4, -0.2) is 22.7 Å². The van der Waals surface area contributed by atoms with Crippen LogP contribution >= 0.6 is 0 Å². The minimum Gasteiger partial charge on any atom is -0.464 e. The van der Waals surface area contributed by atoms with E-state index in [9.17, 15) is 4.79 Å². The number of esters is 1. The van der Waals surface area contributed by atoms with Crippen LogP contribution in [0.3, 0.4) is 0 Å². The lowest BCUT2D eigenvalue weighted by Crippen LogP contribution is -2.01. The molecule has 72 valence electrons. The Morgan fingerprint density at radius 3 is 3.00 bits per heavy atom. The number of nitrogens with zero attached hydrogens (tertiary/aromatic N) is 2. The van der Waals surface area contributed by atoms with E-state index >= 15 is 0 Å². The highest BCUT2D eigenvalue weighted by atomic mass is 16.5. The van der Waals surface area contributed by atoms with Gasteiger partial charge in [-0.1, -0.05) is 6.07 Å². The number of carbonyl (C=O) groups excluding carboxylic acids is 1. The molecular formula is C10H10N2O2. The van der Waals surface area contributed by atoms with Crippen LogP contribution in [0, 0.1) is 6.92 Å². The molecule has 0 saturated heterocycles. The van der Waals surface area contributed by atoms with Crippen LogP contribution in [0.15, 0.2) is 24.4 Å². The molecule has 0 bridgehead atoms. The van der Waals surface area contributed by atoms with Crippen molar-refractivity contribution in [2.45, 2.75) is 6.92 Å². The molecule has 0 aliphatic carbocycles. The van der Waals surface area contributed by atoms with E-state index in [1.807, 2.05) is 25.3 Å². The molecule has 14 heavy (non-hydrogen) atoms. The fraction of sp³-hybridized carbons (Fsp3) is 0.200. The Bertz CT molecular complexity index is 488. The molecule has 0 unspecified atom stereocenters. The van der Waals surface area contributed by atoms with Crippen LogP contribution in [-0.2, 0) is 4.74 Å². The fourth-order valence-electron chi connectivity index (χ4n) is 1.29. The third kappa shape index (κ3) is 1.35. The lowest BCUT2D eigenvalue weighted by molar-refractivity contribution is 0.0593. The molecule has 0 radical (unpaired) electrons. The Morgan fingerprint density at radius 1 is 1.50 bits per heavy atom. The van der Waals surface area contributed by atoms with Gasteiger partial charge in [0.1, 0.15) is 0 Å². The molecule has 0 atom stereocenters. The van der Waals surface area contributed by atoms with E-state index in [-0.39, 0.29) is 0 Å². The van der Waals surface area contributed by atoms with Crippen molar-refractivity contribution in [2.75, 3.05) is 7.11 Å². The molecule has 0 saturated carbocycles. The van der Waals surface area contributed by atoms with E-state index in [0.29, 0.717) is 5.69 Å². The van der Waals surface area contributed by atoms with Gasteiger partial charge in [0.05, 0.1) is 12.6 Å². The zero-order valence-corrected chi connectivity index (χ0v) is 8.02. The van der Waals surface area contributed by atoms with E-state index in [2.05, 4.69) is 9.84 Å². The van der Waals surface area contributed by atoms with Crippen LogP contribution in [0.1, 0.15) is 16.1 Å². The van der Waals surface area contributed by atoms with Gasteiger partial charge < -0.3 is 4.74 Å². The maximum absolute atomic E-state index is 11.2. The van der Waals surface area contributed by atoms with E-state index in [4.69, 9.17) is 0 Å². The summed E-state index contributed by atoms with van der Waals surface area (Å²) in [7, 11) is 1.34. The van der Waals surface area contributed by atoms with Crippen molar-refractivity contribution in [3.05, 3.63) is 35.7 Å². The summed E-state index contributed by atoms with van der Waals surface area (Å²) in [4.78, 5) is 11.2. The summed E-state index contributed by atoms with van der Waals surface area (Å²) in [5.74, 6) is -0.411. The number of ether oxygens (including phenoxy) is 1. The SMILES string of the molecule is COC(=O)c1cc2ccc(C)cn2n1. The van der Waals surface area contributed by atoms with Gasteiger partial charge in [0.2, 0.25) is 0 Å². The number of aromatic nitrogens is 2. The first-order valence-electron chi connectivity index (χ1n) is 4.25. The van der Waals surface area contributed by atoms with Crippen molar-refractivity contribution >= 4 is 11.5 Å². The lowest BCUT2D eigenvalue weighted by Gasteiger charge is -1.93. The van der Waals surface area contributed by atoms with Crippen LogP contribution in [0.25, 0.3) is 5.52 Å². The second kappa shape index (κ2) is 3.14. The molecule has 0 N–H and O–H groups in total. The molecule has 2 aromatic rings. The molecule has 0 amide bonds. The van der Waals surface area contributed by atoms with Gasteiger partial charge in [-0.2, -0.15) is 5.10 Å². The molecular weight excluding hydrogens is 180 g/mol. The summed E-state index contributed by atoms with van der Waals surface area (Å²) in [6, 6.07) is 5.58. The number of pyridine rings is 1. The molecule has 0 aromatic carbocycles. The molecule has 2 heterocycles. The Morgan fingerprint density at radius 2 is 2.29 bits per heavy atom. The quantitative estimate of drug-likeness (QED) is 0.639. The van der Waals surface area contributed by atoms with Gasteiger partial charge in [0.15, 0.2) is 5.69 Å².